The molecule has 0 atom stereocenters. The predicted octanol–water partition coefficient (Wildman–Crippen LogP) is 1.86. The van der Waals surface area contributed by atoms with Crippen molar-refractivity contribution in [1.29, 1.82) is 0 Å². The number of halogens is 1. The van der Waals surface area contributed by atoms with Crippen LogP contribution < -0.4 is 0 Å². The van der Waals surface area contributed by atoms with Crippen LogP contribution >= 0.6 is 15.9 Å². The highest BCUT2D eigenvalue weighted by Crippen LogP contribution is 2.47. The summed E-state index contributed by atoms with van der Waals surface area (Å²) in [5.41, 5.74) is -0.0584. The summed E-state index contributed by atoms with van der Waals surface area (Å²) >= 11 is 3.55. The van der Waals surface area contributed by atoms with Crippen molar-refractivity contribution in [2.45, 2.75) is 32.3 Å². The molecule has 0 radical (unpaired) electrons. The molecule has 0 unspecified atom stereocenters. The van der Waals surface area contributed by atoms with Crippen LogP contribution in [0.25, 0.3) is 0 Å². The fourth-order valence-corrected chi connectivity index (χ4v) is 2.54. The van der Waals surface area contributed by atoms with Gasteiger partial charge in [-0.15, -0.1) is 0 Å². The molecule has 0 spiro atoms. The van der Waals surface area contributed by atoms with Crippen molar-refractivity contribution in [2.75, 3.05) is 25.5 Å². The van der Waals surface area contributed by atoms with Gasteiger partial charge in [-0.05, 0) is 39.2 Å². The smallest absolute Gasteiger partial charge is 0.0718 e. The monoisotopic (exact) mass is 249 g/mol. The van der Waals surface area contributed by atoms with Gasteiger partial charge in [0.25, 0.3) is 0 Å². The minimum Gasteiger partial charge on any atom is -0.389 e. The summed E-state index contributed by atoms with van der Waals surface area (Å²) in [5.74, 6) is 0. The minimum absolute atomic E-state index is 0.514. The fraction of sp³-hybridized carbons (Fsp3) is 1.00. The standard InChI is InChI=1S/C10H20BrNO/c1-9(2,13)7-12(3)8-10(6-11)4-5-10/h13H,4-8H2,1-3H3. The normalized spacial score (nSPS) is 20.8. The van der Waals surface area contributed by atoms with Gasteiger partial charge in [-0.1, -0.05) is 15.9 Å². The number of rotatable bonds is 5. The van der Waals surface area contributed by atoms with Gasteiger partial charge in [0.15, 0.2) is 0 Å². The van der Waals surface area contributed by atoms with E-state index in [0.29, 0.717) is 5.41 Å². The van der Waals surface area contributed by atoms with Crippen molar-refractivity contribution < 1.29 is 5.11 Å². The van der Waals surface area contributed by atoms with E-state index in [-0.39, 0.29) is 0 Å². The van der Waals surface area contributed by atoms with Crippen molar-refractivity contribution in [3.05, 3.63) is 0 Å². The van der Waals surface area contributed by atoms with E-state index >= 15 is 0 Å². The molecular weight excluding hydrogens is 230 g/mol. The summed E-state index contributed by atoms with van der Waals surface area (Å²) in [7, 11) is 2.08. The average Bonchev–Trinajstić information content (AvgIpc) is 2.65. The van der Waals surface area contributed by atoms with Crippen LogP contribution in [-0.4, -0.2) is 41.1 Å². The Balaban J connectivity index is 2.29. The predicted molar refractivity (Wildman–Crippen MR) is 59.3 cm³/mol. The summed E-state index contributed by atoms with van der Waals surface area (Å²) < 4.78 is 0. The van der Waals surface area contributed by atoms with Crippen LogP contribution in [0, 0.1) is 5.41 Å². The number of nitrogens with zero attached hydrogens (tertiary/aromatic N) is 1. The largest absolute Gasteiger partial charge is 0.389 e. The van der Waals surface area contributed by atoms with Crippen LogP contribution in [-0.2, 0) is 0 Å². The lowest BCUT2D eigenvalue weighted by molar-refractivity contribution is 0.0400. The summed E-state index contributed by atoms with van der Waals surface area (Å²) in [6.45, 7) is 5.57. The molecule has 0 saturated heterocycles. The minimum atomic E-state index is -0.572. The highest BCUT2D eigenvalue weighted by Gasteiger charge is 2.42. The lowest BCUT2D eigenvalue weighted by Gasteiger charge is -2.28. The molecule has 2 nitrogen and oxygen atoms in total. The molecule has 0 heterocycles. The Kier molecular flexibility index (Phi) is 3.42. The first-order chi connectivity index (χ1) is 5.87. The van der Waals surface area contributed by atoms with E-state index < -0.39 is 5.60 Å². The Hall–Kier alpha value is 0.400. The third kappa shape index (κ3) is 3.96. The maximum atomic E-state index is 9.62. The van der Waals surface area contributed by atoms with E-state index in [1.54, 1.807) is 0 Å². The van der Waals surface area contributed by atoms with Crippen LogP contribution in [0.5, 0.6) is 0 Å². The van der Waals surface area contributed by atoms with Crippen molar-refractivity contribution in [3.63, 3.8) is 0 Å². The van der Waals surface area contributed by atoms with E-state index in [0.717, 1.165) is 18.4 Å². The zero-order chi connectivity index (χ0) is 10.1. The molecule has 1 saturated carbocycles. The van der Waals surface area contributed by atoms with Crippen LogP contribution in [0.4, 0.5) is 0 Å². The molecule has 0 aromatic rings. The second-order valence-corrected chi connectivity index (χ2v) is 5.68. The molecule has 0 bridgehead atoms. The molecule has 1 N–H and O–H groups in total. The lowest BCUT2D eigenvalue weighted by Crippen LogP contribution is -2.39. The third-order valence-electron chi connectivity index (χ3n) is 2.50. The van der Waals surface area contributed by atoms with E-state index in [1.165, 1.54) is 12.8 Å². The third-order valence-corrected chi connectivity index (χ3v) is 3.69. The van der Waals surface area contributed by atoms with E-state index in [1.807, 2.05) is 13.8 Å². The number of alkyl halides is 1. The summed E-state index contributed by atoms with van der Waals surface area (Å²) in [5, 5.41) is 10.7. The average molecular weight is 250 g/mol. The maximum Gasteiger partial charge on any atom is 0.0718 e. The fourth-order valence-electron chi connectivity index (χ4n) is 1.80. The molecule has 1 rings (SSSR count). The Bertz CT molecular complexity index is 172. The van der Waals surface area contributed by atoms with Gasteiger partial charge >= 0.3 is 0 Å². The van der Waals surface area contributed by atoms with Gasteiger partial charge in [0, 0.05) is 18.4 Å². The molecule has 1 fully saturated rings. The van der Waals surface area contributed by atoms with Gasteiger partial charge in [-0.3, -0.25) is 0 Å². The molecule has 0 amide bonds. The highest BCUT2D eigenvalue weighted by molar-refractivity contribution is 9.09. The van der Waals surface area contributed by atoms with Crippen molar-refractivity contribution in [2.24, 2.45) is 5.41 Å². The Labute approximate surface area is 89.4 Å². The molecule has 0 aliphatic heterocycles. The molecule has 1 aliphatic rings. The van der Waals surface area contributed by atoms with Gasteiger partial charge < -0.3 is 10.0 Å². The second kappa shape index (κ2) is 3.87. The van der Waals surface area contributed by atoms with Crippen molar-refractivity contribution in [1.82, 2.24) is 4.90 Å². The lowest BCUT2D eigenvalue weighted by atomic mass is 10.1. The molecule has 13 heavy (non-hydrogen) atoms. The summed E-state index contributed by atoms with van der Waals surface area (Å²) in [6, 6.07) is 0. The Morgan fingerprint density at radius 3 is 2.31 bits per heavy atom. The van der Waals surface area contributed by atoms with E-state index in [4.69, 9.17) is 0 Å². The first-order valence-corrected chi connectivity index (χ1v) is 5.96. The summed E-state index contributed by atoms with van der Waals surface area (Å²) in [6.07, 6.45) is 2.66. The second-order valence-electron chi connectivity index (χ2n) is 5.12. The van der Waals surface area contributed by atoms with Crippen LogP contribution in [0.15, 0.2) is 0 Å². The van der Waals surface area contributed by atoms with Crippen LogP contribution in [0.2, 0.25) is 0 Å². The van der Waals surface area contributed by atoms with Gasteiger partial charge in [0.1, 0.15) is 0 Å². The quantitative estimate of drug-likeness (QED) is 0.753. The highest BCUT2D eigenvalue weighted by atomic mass is 79.9. The van der Waals surface area contributed by atoms with Crippen molar-refractivity contribution in [3.8, 4) is 0 Å². The van der Waals surface area contributed by atoms with Gasteiger partial charge in [-0.25, -0.2) is 0 Å². The first-order valence-electron chi connectivity index (χ1n) is 4.84. The van der Waals surface area contributed by atoms with Crippen LogP contribution in [0.3, 0.4) is 0 Å². The number of aliphatic hydroxyl groups is 1. The zero-order valence-electron chi connectivity index (χ0n) is 8.81. The molecule has 1 aliphatic carbocycles. The topological polar surface area (TPSA) is 23.5 Å². The Morgan fingerprint density at radius 2 is 2.00 bits per heavy atom. The van der Waals surface area contributed by atoms with Crippen LogP contribution in [0.1, 0.15) is 26.7 Å². The first kappa shape index (κ1) is 11.5. The Morgan fingerprint density at radius 1 is 1.46 bits per heavy atom. The SMILES string of the molecule is CN(CC(C)(C)O)CC1(CBr)CC1. The van der Waals surface area contributed by atoms with Gasteiger partial charge in [-0.2, -0.15) is 0 Å². The van der Waals surface area contributed by atoms with Gasteiger partial charge in [0.2, 0.25) is 0 Å². The molecule has 0 aromatic carbocycles. The number of likely N-dealkylation sites (N-methyl/N-ethyl adjacent to an activating group) is 1. The molecular formula is C10H20BrNO. The number of hydrogen-bond donors (Lipinski definition) is 1. The number of hydrogen-bond acceptors (Lipinski definition) is 2. The molecule has 78 valence electrons. The van der Waals surface area contributed by atoms with Gasteiger partial charge in [0.05, 0.1) is 5.60 Å². The van der Waals surface area contributed by atoms with E-state index in [2.05, 4.69) is 27.9 Å². The van der Waals surface area contributed by atoms with E-state index in [9.17, 15) is 5.11 Å². The molecule has 0 aromatic heterocycles. The zero-order valence-corrected chi connectivity index (χ0v) is 10.4. The van der Waals surface area contributed by atoms with Crippen molar-refractivity contribution >= 4 is 15.9 Å². The maximum absolute atomic E-state index is 9.62. The molecule has 3 heteroatoms. The summed E-state index contributed by atoms with van der Waals surface area (Å²) in [4.78, 5) is 2.23.